The fourth-order valence-electron chi connectivity index (χ4n) is 4.37. The van der Waals surface area contributed by atoms with Crippen LogP contribution in [-0.2, 0) is 6.42 Å². The lowest BCUT2D eigenvalue weighted by Crippen LogP contribution is -2.31. The Morgan fingerprint density at radius 1 is 1.13 bits per heavy atom. The van der Waals surface area contributed by atoms with Crippen molar-refractivity contribution in [2.75, 3.05) is 11.1 Å². The van der Waals surface area contributed by atoms with E-state index in [2.05, 4.69) is 16.4 Å². The molecule has 4 heterocycles. The molecule has 2 aliphatic rings. The third kappa shape index (κ3) is 2.57. The van der Waals surface area contributed by atoms with E-state index in [9.17, 15) is 14.9 Å². The summed E-state index contributed by atoms with van der Waals surface area (Å²) in [6.07, 6.45) is 0.709. The maximum atomic E-state index is 13.2. The minimum absolute atomic E-state index is 0.358. The van der Waals surface area contributed by atoms with Crippen molar-refractivity contribution in [2.24, 2.45) is 0 Å². The highest BCUT2D eigenvalue weighted by Crippen LogP contribution is 2.46. The molecule has 8 heteroatoms. The molecule has 0 saturated carbocycles. The largest absolute Gasteiger partial charge is 0.422 e. The smallest absolute Gasteiger partial charge is 0.342 e. The van der Waals surface area contributed by atoms with Gasteiger partial charge in [-0.2, -0.15) is 10.2 Å². The van der Waals surface area contributed by atoms with Crippen LogP contribution in [0, 0.1) is 11.3 Å². The topological polar surface area (TPSA) is 101 Å². The minimum Gasteiger partial charge on any atom is -0.422 e. The van der Waals surface area contributed by atoms with Gasteiger partial charge in [0.15, 0.2) is 0 Å². The summed E-state index contributed by atoms with van der Waals surface area (Å²) in [6.45, 7) is 0. The molecular weight excluding hydrogens is 412 g/mol. The van der Waals surface area contributed by atoms with Gasteiger partial charge in [-0.3, -0.25) is 8.77 Å². The molecule has 6 rings (SSSR count). The van der Waals surface area contributed by atoms with Crippen LogP contribution >= 0.6 is 11.9 Å². The second kappa shape index (κ2) is 6.59. The summed E-state index contributed by atoms with van der Waals surface area (Å²) >= 11 is 1.59. The molecule has 0 aliphatic carbocycles. The molecule has 1 unspecified atom stereocenters. The van der Waals surface area contributed by atoms with Gasteiger partial charge in [0.2, 0.25) is 0 Å². The predicted octanol–water partition coefficient (Wildman–Crippen LogP) is 3.51. The third-order valence-electron chi connectivity index (χ3n) is 5.74. The van der Waals surface area contributed by atoms with Crippen LogP contribution in [0.1, 0.15) is 34.0 Å². The molecule has 0 spiro atoms. The van der Waals surface area contributed by atoms with Crippen LogP contribution in [0.2, 0.25) is 0 Å². The van der Waals surface area contributed by atoms with Crippen LogP contribution in [0.4, 0.5) is 11.5 Å². The molecular formula is C23H14N4O3S. The zero-order valence-electron chi connectivity index (χ0n) is 16.1. The summed E-state index contributed by atoms with van der Waals surface area (Å²) < 4.78 is 7.58. The first-order valence-corrected chi connectivity index (χ1v) is 10.7. The number of hydrogen-bond donors (Lipinski definition) is 1. The highest BCUT2D eigenvalue weighted by molar-refractivity contribution is 7.98. The molecule has 2 aromatic carbocycles. The second-order valence-electron chi connectivity index (χ2n) is 7.44. The molecule has 2 aliphatic heterocycles. The van der Waals surface area contributed by atoms with Gasteiger partial charge in [0.1, 0.15) is 17.2 Å². The van der Waals surface area contributed by atoms with Gasteiger partial charge in [-0.15, -0.1) is 0 Å². The van der Waals surface area contributed by atoms with Gasteiger partial charge < -0.3 is 9.73 Å². The number of nitrogens with one attached hydrogen (secondary N) is 1. The molecule has 150 valence electrons. The first kappa shape index (κ1) is 18.0. The Morgan fingerprint density at radius 2 is 1.94 bits per heavy atom. The van der Waals surface area contributed by atoms with Gasteiger partial charge in [0, 0.05) is 17.6 Å². The van der Waals surface area contributed by atoms with Gasteiger partial charge in [-0.1, -0.05) is 24.3 Å². The van der Waals surface area contributed by atoms with Gasteiger partial charge in [0.05, 0.1) is 34.4 Å². The van der Waals surface area contributed by atoms with E-state index in [4.69, 9.17) is 4.42 Å². The minimum atomic E-state index is -0.654. The lowest BCUT2D eigenvalue weighted by molar-refractivity contribution is 0.548. The molecule has 0 saturated heterocycles. The van der Waals surface area contributed by atoms with Crippen LogP contribution in [0.5, 0.6) is 0 Å². The number of anilines is 2. The highest BCUT2D eigenvalue weighted by atomic mass is 32.2. The fourth-order valence-corrected chi connectivity index (χ4v) is 5.38. The first-order valence-electron chi connectivity index (χ1n) is 9.77. The predicted molar refractivity (Wildman–Crippen MR) is 118 cm³/mol. The van der Waals surface area contributed by atoms with E-state index in [1.165, 1.54) is 0 Å². The van der Waals surface area contributed by atoms with E-state index < -0.39 is 11.5 Å². The number of benzene rings is 2. The Bertz CT molecular complexity index is 1550. The number of aryl methyl sites for hydroxylation is 1. The average molecular weight is 426 g/mol. The maximum Gasteiger partial charge on any atom is 0.342 e. The van der Waals surface area contributed by atoms with E-state index in [0.29, 0.717) is 40.2 Å². The number of hydrogen-bond acceptors (Lipinski definition) is 7. The zero-order chi connectivity index (χ0) is 21.1. The van der Waals surface area contributed by atoms with Crippen molar-refractivity contribution < 1.29 is 4.42 Å². The molecule has 0 radical (unpaired) electrons. The lowest BCUT2D eigenvalue weighted by Gasteiger charge is -2.30. The molecule has 0 fully saturated rings. The Labute approximate surface area is 180 Å². The van der Waals surface area contributed by atoms with Crippen molar-refractivity contribution in [3.8, 4) is 6.07 Å². The van der Waals surface area contributed by atoms with Crippen molar-refractivity contribution in [3.63, 3.8) is 0 Å². The van der Waals surface area contributed by atoms with Crippen LogP contribution in [0.3, 0.4) is 0 Å². The highest BCUT2D eigenvalue weighted by Gasteiger charge is 2.37. The molecule has 4 aromatic rings. The zero-order valence-corrected chi connectivity index (χ0v) is 16.9. The lowest BCUT2D eigenvalue weighted by atomic mass is 9.82. The molecule has 0 amide bonds. The van der Waals surface area contributed by atoms with E-state index >= 15 is 0 Å². The standard InChI is InChI=1S/C23H14N4O3S/c24-11-12-5-7-13(8-6-12)17-18-20(14-3-1-2-4-15(14)30-23(18)29)26-21-19(17)22(28)25-16-9-10-31-27(16)21/h1-8,17,26H,9-10H2. The number of nitriles is 1. The number of para-hydroxylation sites is 1. The van der Waals surface area contributed by atoms with Crippen LogP contribution in [-0.4, -0.2) is 14.7 Å². The molecule has 1 atom stereocenters. The Balaban J connectivity index is 1.73. The van der Waals surface area contributed by atoms with E-state index in [0.717, 1.165) is 22.5 Å². The second-order valence-corrected chi connectivity index (χ2v) is 8.47. The van der Waals surface area contributed by atoms with Gasteiger partial charge in [0.25, 0.3) is 5.56 Å². The Morgan fingerprint density at radius 3 is 2.74 bits per heavy atom. The normalized spacial score (nSPS) is 16.2. The monoisotopic (exact) mass is 426 g/mol. The van der Waals surface area contributed by atoms with E-state index in [-0.39, 0.29) is 5.56 Å². The van der Waals surface area contributed by atoms with Crippen LogP contribution < -0.4 is 16.5 Å². The Kier molecular flexibility index (Phi) is 3.82. The summed E-state index contributed by atoms with van der Waals surface area (Å²) in [5.74, 6) is 1.54. The van der Waals surface area contributed by atoms with E-state index in [1.807, 2.05) is 22.2 Å². The molecule has 1 N–H and O–H groups in total. The van der Waals surface area contributed by atoms with Crippen molar-refractivity contribution in [1.82, 2.24) is 8.96 Å². The van der Waals surface area contributed by atoms with Gasteiger partial charge >= 0.3 is 5.63 Å². The van der Waals surface area contributed by atoms with E-state index in [1.54, 1.807) is 42.3 Å². The van der Waals surface area contributed by atoms with Crippen molar-refractivity contribution in [3.05, 3.63) is 97.4 Å². The number of nitrogens with zero attached hydrogens (tertiary/aromatic N) is 3. The van der Waals surface area contributed by atoms with Crippen molar-refractivity contribution in [1.29, 1.82) is 5.26 Å². The SMILES string of the molecule is N#Cc1ccc(C2c3c(n4c(nc3=O)CCS4)Nc3c2c(=O)oc2ccccc32)cc1. The molecule has 31 heavy (non-hydrogen) atoms. The molecule has 2 aromatic heterocycles. The summed E-state index contributed by atoms with van der Waals surface area (Å²) in [6, 6.07) is 16.4. The molecule has 0 bridgehead atoms. The summed E-state index contributed by atoms with van der Waals surface area (Å²) in [4.78, 5) is 30.6. The number of fused-ring (bicyclic) bond motifs is 6. The fraction of sp³-hybridized carbons (Fsp3) is 0.130. The quantitative estimate of drug-likeness (QED) is 0.409. The van der Waals surface area contributed by atoms with Gasteiger partial charge in [-0.05, 0) is 41.8 Å². The van der Waals surface area contributed by atoms with Crippen molar-refractivity contribution in [2.45, 2.75) is 12.3 Å². The third-order valence-corrected chi connectivity index (χ3v) is 6.78. The van der Waals surface area contributed by atoms with Crippen LogP contribution in [0.15, 0.2) is 62.5 Å². The Hall–Kier alpha value is -3.83. The van der Waals surface area contributed by atoms with Crippen LogP contribution in [0.25, 0.3) is 11.0 Å². The maximum absolute atomic E-state index is 13.2. The number of aromatic nitrogens is 2. The van der Waals surface area contributed by atoms with Crippen molar-refractivity contribution >= 4 is 34.4 Å². The molecule has 7 nitrogen and oxygen atoms in total. The summed E-state index contributed by atoms with van der Waals surface area (Å²) in [5.41, 5.74) is 2.28. The average Bonchev–Trinajstić information content (AvgIpc) is 3.27. The first-order chi connectivity index (χ1) is 15.2. The number of rotatable bonds is 1. The summed E-state index contributed by atoms with van der Waals surface area (Å²) in [7, 11) is 0. The van der Waals surface area contributed by atoms with Gasteiger partial charge in [-0.25, -0.2) is 4.79 Å². The summed E-state index contributed by atoms with van der Waals surface area (Å²) in [5, 5.41) is 13.3.